The molecule has 0 bridgehead atoms. The number of benzene rings is 3. The van der Waals surface area contributed by atoms with Crippen molar-refractivity contribution >= 4 is 18.0 Å². The Hall–Kier alpha value is -4.71. The van der Waals surface area contributed by atoms with Crippen LogP contribution in [-0.2, 0) is 16.0 Å². The summed E-state index contributed by atoms with van der Waals surface area (Å²) in [5.74, 6) is -0.342. The number of hydrogen-bond donors (Lipinski definition) is 1. The zero-order chi connectivity index (χ0) is 28.0. The molecule has 0 fully saturated rings. The number of nitrogens with zero attached hydrogens (tertiary/aromatic N) is 2. The van der Waals surface area contributed by atoms with Gasteiger partial charge in [-0.15, -0.1) is 0 Å². The number of ether oxygens (including phenoxy) is 1. The SMILES string of the molecule is O=C(O)COc1cccc(CCCN(CCC(c2ccccc2)c2ccccc2)C(=O)C=Cc2ccncc2)c1. The van der Waals surface area contributed by atoms with Crippen molar-refractivity contribution in [2.75, 3.05) is 19.7 Å². The number of carboxylic acid groups (broad SMARTS) is 1. The fourth-order valence-corrected chi connectivity index (χ4v) is 4.67. The van der Waals surface area contributed by atoms with E-state index in [2.05, 4.69) is 53.5 Å². The van der Waals surface area contributed by atoms with Crippen LogP contribution < -0.4 is 4.74 Å². The molecule has 6 heteroatoms. The van der Waals surface area contributed by atoms with E-state index >= 15 is 0 Å². The number of hydrogen-bond acceptors (Lipinski definition) is 4. The van der Waals surface area contributed by atoms with Crippen molar-refractivity contribution in [2.24, 2.45) is 0 Å². The maximum atomic E-state index is 13.4. The van der Waals surface area contributed by atoms with E-state index < -0.39 is 5.97 Å². The summed E-state index contributed by atoms with van der Waals surface area (Å²) in [5, 5.41) is 8.88. The van der Waals surface area contributed by atoms with Gasteiger partial charge in [-0.05, 0) is 71.9 Å². The summed E-state index contributed by atoms with van der Waals surface area (Å²) in [5.41, 5.74) is 4.42. The van der Waals surface area contributed by atoms with Gasteiger partial charge in [0, 0.05) is 37.5 Å². The summed E-state index contributed by atoms with van der Waals surface area (Å²) >= 11 is 0. The minimum Gasteiger partial charge on any atom is -0.482 e. The summed E-state index contributed by atoms with van der Waals surface area (Å²) in [6, 6.07) is 32.0. The average molecular weight is 535 g/mol. The van der Waals surface area contributed by atoms with Crippen LogP contribution in [0.5, 0.6) is 5.75 Å². The Kier molecular flexibility index (Phi) is 10.6. The van der Waals surface area contributed by atoms with E-state index in [0.717, 1.165) is 30.4 Å². The molecule has 40 heavy (non-hydrogen) atoms. The third kappa shape index (κ3) is 8.95. The summed E-state index contributed by atoms with van der Waals surface area (Å²) in [6.07, 6.45) is 9.17. The second kappa shape index (κ2) is 15.0. The summed E-state index contributed by atoms with van der Waals surface area (Å²) < 4.78 is 5.32. The zero-order valence-electron chi connectivity index (χ0n) is 22.4. The van der Waals surface area contributed by atoms with Gasteiger partial charge in [-0.2, -0.15) is 0 Å². The number of amides is 1. The van der Waals surface area contributed by atoms with E-state index in [-0.39, 0.29) is 18.4 Å². The van der Waals surface area contributed by atoms with E-state index in [9.17, 15) is 9.59 Å². The van der Waals surface area contributed by atoms with E-state index in [4.69, 9.17) is 9.84 Å². The van der Waals surface area contributed by atoms with Crippen LogP contribution in [0.15, 0.2) is 116 Å². The molecule has 0 spiro atoms. The molecular formula is C34H34N2O4. The third-order valence-corrected chi connectivity index (χ3v) is 6.68. The van der Waals surface area contributed by atoms with Crippen LogP contribution in [0.3, 0.4) is 0 Å². The number of pyridine rings is 1. The molecule has 204 valence electrons. The van der Waals surface area contributed by atoms with E-state index in [1.165, 1.54) is 11.1 Å². The highest BCUT2D eigenvalue weighted by atomic mass is 16.5. The lowest BCUT2D eigenvalue weighted by Crippen LogP contribution is -2.32. The van der Waals surface area contributed by atoms with Crippen LogP contribution in [-0.4, -0.2) is 46.6 Å². The van der Waals surface area contributed by atoms with Gasteiger partial charge in [0.05, 0.1) is 0 Å². The van der Waals surface area contributed by atoms with Crippen LogP contribution >= 0.6 is 0 Å². The Morgan fingerprint density at radius 2 is 1.52 bits per heavy atom. The molecule has 0 aliphatic carbocycles. The molecule has 4 rings (SSSR count). The highest BCUT2D eigenvalue weighted by molar-refractivity contribution is 5.91. The molecule has 1 N–H and O–H groups in total. The lowest BCUT2D eigenvalue weighted by Gasteiger charge is -2.25. The number of carboxylic acids is 1. The molecule has 0 atom stereocenters. The molecule has 1 aromatic heterocycles. The van der Waals surface area contributed by atoms with Gasteiger partial charge in [0.1, 0.15) is 5.75 Å². The number of aliphatic carboxylic acids is 1. The first-order valence-electron chi connectivity index (χ1n) is 13.5. The number of rotatable bonds is 14. The highest BCUT2D eigenvalue weighted by Gasteiger charge is 2.18. The van der Waals surface area contributed by atoms with Gasteiger partial charge in [-0.1, -0.05) is 72.8 Å². The molecule has 1 heterocycles. The van der Waals surface area contributed by atoms with Gasteiger partial charge < -0.3 is 14.7 Å². The molecule has 1 amide bonds. The second-order valence-electron chi connectivity index (χ2n) is 9.54. The van der Waals surface area contributed by atoms with E-state index in [1.54, 1.807) is 24.5 Å². The Bertz CT molecular complexity index is 1340. The highest BCUT2D eigenvalue weighted by Crippen LogP contribution is 2.28. The van der Waals surface area contributed by atoms with E-state index in [1.807, 2.05) is 53.4 Å². The van der Waals surface area contributed by atoms with Gasteiger partial charge in [-0.25, -0.2) is 4.79 Å². The third-order valence-electron chi connectivity index (χ3n) is 6.68. The predicted molar refractivity (Wildman–Crippen MR) is 157 cm³/mol. The van der Waals surface area contributed by atoms with Gasteiger partial charge in [-0.3, -0.25) is 9.78 Å². The van der Waals surface area contributed by atoms with Crippen molar-refractivity contribution in [3.63, 3.8) is 0 Å². The van der Waals surface area contributed by atoms with Crippen LogP contribution in [0, 0.1) is 0 Å². The minimum atomic E-state index is -1.01. The van der Waals surface area contributed by atoms with Gasteiger partial charge in [0.15, 0.2) is 6.61 Å². The smallest absolute Gasteiger partial charge is 0.341 e. The van der Waals surface area contributed by atoms with Crippen LogP contribution in [0.2, 0.25) is 0 Å². The van der Waals surface area contributed by atoms with Crippen molar-refractivity contribution < 1.29 is 19.4 Å². The lowest BCUT2D eigenvalue weighted by molar-refractivity contribution is -0.139. The average Bonchev–Trinajstić information content (AvgIpc) is 3.00. The first-order chi connectivity index (χ1) is 19.6. The maximum Gasteiger partial charge on any atom is 0.341 e. The molecule has 0 saturated carbocycles. The lowest BCUT2D eigenvalue weighted by atomic mass is 9.88. The van der Waals surface area contributed by atoms with Gasteiger partial charge in [0.2, 0.25) is 5.91 Å². The van der Waals surface area contributed by atoms with Crippen molar-refractivity contribution in [2.45, 2.75) is 25.2 Å². The first kappa shape index (κ1) is 28.3. The number of aromatic nitrogens is 1. The topological polar surface area (TPSA) is 79.7 Å². The van der Waals surface area contributed by atoms with Crippen molar-refractivity contribution in [3.8, 4) is 5.75 Å². The summed E-state index contributed by atoms with van der Waals surface area (Å²) in [6.45, 7) is 0.825. The van der Waals surface area contributed by atoms with Crippen molar-refractivity contribution in [1.82, 2.24) is 9.88 Å². The van der Waals surface area contributed by atoms with Crippen LogP contribution in [0.4, 0.5) is 0 Å². The summed E-state index contributed by atoms with van der Waals surface area (Å²) in [7, 11) is 0. The first-order valence-corrected chi connectivity index (χ1v) is 13.5. The second-order valence-corrected chi connectivity index (χ2v) is 9.54. The molecule has 6 nitrogen and oxygen atoms in total. The molecule has 0 radical (unpaired) electrons. The molecule has 0 unspecified atom stereocenters. The van der Waals surface area contributed by atoms with Crippen LogP contribution in [0.1, 0.15) is 41.0 Å². The maximum absolute atomic E-state index is 13.4. The Morgan fingerprint density at radius 3 is 2.17 bits per heavy atom. The fraction of sp³-hybridized carbons (Fsp3) is 0.206. The number of carbonyl (C=O) groups is 2. The Morgan fingerprint density at radius 1 is 0.850 bits per heavy atom. The quantitative estimate of drug-likeness (QED) is 0.194. The van der Waals surface area contributed by atoms with Crippen LogP contribution in [0.25, 0.3) is 6.08 Å². The number of carbonyl (C=O) groups excluding carboxylic acids is 1. The Labute approximate surface area is 235 Å². The molecule has 0 aliphatic heterocycles. The summed E-state index contributed by atoms with van der Waals surface area (Å²) in [4.78, 5) is 30.2. The molecule has 4 aromatic rings. The zero-order valence-corrected chi connectivity index (χ0v) is 22.4. The van der Waals surface area contributed by atoms with Crippen molar-refractivity contribution in [1.29, 1.82) is 0 Å². The largest absolute Gasteiger partial charge is 0.482 e. The van der Waals surface area contributed by atoms with Crippen molar-refractivity contribution in [3.05, 3.63) is 138 Å². The Balaban J connectivity index is 1.46. The fourth-order valence-electron chi connectivity index (χ4n) is 4.67. The normalized spacial score (nSPS) is 11.0. The predicted octanol–water partition coefficient (Wildman–Crippen LogP) is 6.24. The monoisotopic (exact) mass is 534 g/mol. The van der Waals surface area contributed by atoms with Gasteiger partial charge >= 0.3 is 5.97 Å². The van der Waals surface area contributed by atoms with Gasteiger partial charge in [0.25, 0.3) is 0 Å². The van der Waals surface area contributed by atoms with E-state index in [0.29, 0.717) is 18.8 Å². The molecule has 0 aliphatic rings. The minimum absolute atomic E-state index is 0.0322. The molecule has 3 aromatic carbocycles. The standard InChI is InChI=1S/C34H34N2O4/c37-33(17-16-27-18-21-35-22-19-27)36(23-8-10-28-9-7-15-31(25-28)40-26-34(38)39)24-20-32(29-11-3-1-4-12-29)30-13-5-2-6-14-30/h1-7,9,11-19,21-22,25,32H,8,10,20,23-24,26H2,(H,38,39). The molecular weight excluding hydrogens is 500 g/mol. The molecule has 0 saturated heterocycles. The number of aryl methyl sites for hydroxylation is 1.